The molecule has 0 atom stereocenters. The maximum absolute atomic E-state index is 12.5. The summed E-state index contributed by atoms with van der Waals surface area (Å²) in [4.78, 5) is 12.3. The standard InChI is InChI=1S/C20H26N2O3S/c1-15(2)10-11-21-20(23)18-8-5-9-19(13-18)26(24,25)22-14-17-7-4-6-16(3)12-17/h4-9,12-13,15,22H,10-11,14H2,1-3H3,(H,21,23). The highest BCUT2D eigenvalue weighted by atomic mass is 32.2. The number of hydrogen-bond donors (Lipinski definition) is 2. The van der Waals surface area contributed by atoms with Crippen molar-refractivity contribution in [3.63, 3.8) is 0 Å². The van der Waals surface area contributed by atoms with E-state index in [0.29, 0.717) is 18.0 Å². The van der Waals surface area contributed by atoms with Gasteiger partial charge in [0.25, 0.3) is 5.91 Å². The molecular weight excluding hydrogens is 348 g/mol. The molecule has 0 spiro atoms. The number of hydrogen-bond acceptors (Lipinski definition) is 3. The van der Waals surface area contributed by atoms with E-state index < -0.39 is 10.0 Å². The van der Waals surface area contributed by atoms with E-state index in [4.69, 9.17) is 0 Å². The van der Waals surface area contributed by atoms with Gasteiger partial charge >= 0.3 is 0 Å². The van der Waals surface area contributed by atoms with Crippen LogP contribution in [-0.4, -0.2) is 20.9 Å². The normalized spacial score (nSPS) is 11.5. The van der Waals surface area contributed by atoms with Crippen molar-refractivity contribution >= 4 is 15.9 Å². The van der Waals surface area contributed by atoms with Crippen LogP contribution in [0.5, 0.6) is 0 Å². The summed E-state index contributed by atoms with van der Waals surface area (Å²) in [5, 5.41) is 2.82. The Morgan fingerprint density at radius 3 is 2.50 bits per heavy atom. The number of aryl methyl sites for hydroxylation is 1. The van der Waals surface area contributed by atoms with Gasteiger partial charge in [-0.1, -0.05) is 49.7 Å². The minimum absolute atomic E-state index is 0.0849. The molecule has 0 heterocycles. The van der Waals surface area contributed by atoms with Crippen LogP contribution in [0, 0.1) is 12.8 Å². The molecule has 26 heavy (non-hydrogen) atoms. The van der Waals surface area contributed by atoms with E-state index in [-0.39, 0.29) is 17.3 Å². The minimum atomic E-state index is -3.69. The Kier molecular flexibility index (Phi) is 6.94. The predicted molar refractivity (Wildman–Crippen MR) is 103 cm³/mol. The van der Waals surface area contributed by atoms with Crippen molar-refractivity contribution in [2.75, 3.05) is 6.54 Å². The van der Waals surface area contributed by atoms with Gasteiger partial charge < -0.3 is 5.32 Å². The van der Waals surface area contributed by atoms with E-state index in [0.717, 1.165) is 17.5 Å². The van der Waals surface area contributed by atoms with Gasteiger partial charge in [-0.15, -0.1) is 0 Å². The van der Waals surface area contributed by atoms with Crippen molar-refractivity contribution in [2.45, 2.75) is 38.6 Å². The maximum atomic E-state index is 12.5. The molecule has 2 N–H and O–H groups in total. The molecular formula is C20H26N2O3S. The average Bonchev–Trinajstić information content (AvgIpc) is 2.60. The molecule has 0 saturated carbocycles. The Bertz CT molecular complexity index is 861. The van der Waals surface area contributed by atoms with Crippen LogP contribution in [0.1, 0.15) is 41.8 Å². The quantitative estimate of drug-likeness (QED) is 0.745. The van der Waals surface area contributed by atoms with Gasteiger partial charge in [-0.3, -0.25) is 4.79 Å². The van der Waals surface area contributed by atoms with E-state index in [2.05, 4.69) is 23.9 Å². The SMILES string of the molecule is Cc1cccc(CNS(=O)(=O)c2cccc(C(=O)NCCC(C)C)c2)c1. The van der Waals surface area contributed by atoms with Crippen molar-refractivity contribution in [3.8, 4) is 0 Å². The van der Waals surface area contributed by atoms with Crippen LogP contribution in [-0.2, 0) is 16.6 Å². The van der Waals surface area contributed by atoms with Gasteiger partial charge in [0.2, 0.25) is 10.0 Å². The zero-order valence-corrected chi connectivity index (χ0v) is 16.3. The molecule has 0 bridgehead atoms. The first-order chi connectivity index (χ1) is 12.3. The van der Waals surface area contributed by atoms with Crippen molar-refractivity contribution in [1.82, 2.24) is 10.0 Å². The molecule has 2 aromatic rings. The van der Waals surface area contributed by atoms with Crippen molar-refractivity contribution in [3.05, 3.63) is 65.2 Å². The molecule has 0 fully saturated rings. The first-order valence-corrected chi connectivity index (χ1v) is 10.2. The molecule has 0 saturated heterocycles. The van der Waals surface area contributed by atoms with Crippen LogP contribution in [0.3, 0.4) is 0 Å². The van der Waals surface area contributed by atoms with Crippen LogP contribution in [0.2, 0.25) is 0 Å². The molecule has 0 aliphatic carbocycles. The minimum Gasteiger partial charge on any atom is -0.352 e. The molecule has 5 nitrogen and oxygen atoms in total. The first-order valence-electron chi connectivity index (χ1n) is 8.71. The van der Waals surface area contributed by atoms with E-state index in [1.54, 1.807) is 12.1 Å². The fraction of sp³-hybridized carbons (Fsp3) is 0.350. The van der Waals surface area contributed by atoms with Gasteiger partial charge in [-0.25, -0.2) is 13.1 Å². The highest BCUT2D eigenvalue weighted by Gasteiger charge is 2.16. The van der Waals surface area contributed by atoms with E-state index in [9.17, 15) is 13.2 Å². The van der Waals surface area contributed by atoms with E-state index in [1.165, 1.54) is 12.1 Å². The lowest BCUT2D eigenvalue weighted by Crippen LogP contribution is -2.26. The highest BCUT2D eigenvalue weighted by molar-refractivity contribution is 7.89. The Hall–Kier alpha value is -2.18. The number of amides is 1. The second-order valence-corrected chi connectivity index (χ2v) is 8.55. The molecule has 2 rings (SSSR count). The Balaban J connectivity index is 2.06. The molecule has 0 unspecified atom stereocenters. The number of carbonyl (C=O) groups excluding carboxylic acids is 1. The monoisotopic (exact) mass is 374 g/mol. The highest BCUT2D eigenvalue weighted by Crippen LogP contribution is 2.13. The Morgan fingerprint density at radius 1 is 1.08 bits per heavy atom. The zero-order chi connectivity index (χ0) is 19.2. The fourth-order valence-corrected chi connectivity index (χ4v) is 3.53. The van der Waals surface area contributed by atoms with Gasteiger partial charge in [0.15, 0.2) is 0 Å². The van der Waals surface area contributed by atoms with Crippen molar-refractivity contribution in [1.29, 1.82) is 0 Å². The Labute approximate surface area is 155 Å². The van der Waals surface area contributed by atoms with E-state index in [1.807, 2.05) is 31.2 Å². The zero-order valence-electron chi connectivity index (χ0n) is 15.5. The summed E-state index contributed by atoms with van der Waals surface area (Å²) >= 11 is 0. The van der Waals surface area contributed by atoms with Gasteiger partial charge in [0.05, 0.1) is 4.90 Å². The lowest BCUT2D eigenvalue weighted by Gasteiger charge is -2.10. The predicted octanol–water partition coefficient (Wildman–Crippen LogP) is 3.25. The molecule has 140 valence electrons. The summed E-state index contributed by atoms with van der Waals surface area (Å²) in [6, 6.07) is 13.7. The van der Waals surface area contributed by atoms with Crippen molar-refractivity contribution in [2.24, 2.45) is 5.92 Å². The molecule has 6 heteroatoms. The molecule has 0 aliphatic heterocycles. The third-order valence-corrected chi connectivity index (χ3v) is 5.36. The lowest BCUT2D eigenvalue weighted by atomic mass is 10.1. The number of nitrogens with one attached hydrogen (secondary N) is 2. The topological polar surface area (TPSA) is 75.3 Å². The third kappa shape index (κ3) is 5.97. The fourth-order valence-electron chi connectivity index (χ4n) is 2.46. The maximum Gasteiger partial charge on any atom is 0.251 e. The molecule has 1 amide bonds. The first kappa shape index (κ1) is 20.1. The van der Waals surface area contributed by atoms with Gasteiger partial charge in [-0.2, -0.15) is 0 Å². The van der Waals surface area contributed by atoms with Gasteiger partial charge in [0, 0.05) is 18.7 Å². The second-order valence-electron chi connectivity index (χ2n) is 6.78. The summed E-state index contributed by atoms with van der Waals surface area (Å²) in [6.45, 7) is 6.89. The summed E-state index contributed by atoms with van der Waals surface area (Å²) in [5.74, 6) is 0.231. The number of sulfonamides is 1. The summed E-state index contributed by atoms with van der Waals surface area (Å²) in [7, 11) is -3.69. The largest absolute Gasteiger partial charge is 0.352 e. The summed E-state index contributed by atoms with van der Waals surface area (Å²) < 4.78 is 27.6. The van der Waals surface area contributed by atoms with Crippen LogP contribution in [0.25, 0.3) is 0 Å². The van der Waals surface area contributed by atoms with Crippen molar-refractivity contribution < 1.29 is 13.2 Å². The molecule has 0 aromatic heterocycles. The lowest BCUT2D eigenvalue weighted by molar-refractivity contribution is 0.0952. The van der Waals surface area contributed by atoms with Crippen LogP contribution in [0.15, 0.2) is 53.4 Å². The number of rotatable bonds is 8. The van der Waals surface area contributed by atoms with Crippen LogP contribution in [0.4, 0.5) is 0 Å². The van der Waals surface area contributed by atoms with E-state index >= 15 is 0 Å². The second kappa shape index (κ2) is 8.96. The third-order valence-electron chi connectivity index (χ3n) is 3.96. The van der Waals surface area contributed by atoms with Gasteiger partial charge in [0.1, 0.15) is 0 Å². The van der Waals surface area contributed by atoms with Crippen LogP contribution >= 0.6 is 0 Å². The Morgan fingerprint density at radius 2 is 1.81 bits per heavy atom. The molecule has 2 aromatic carbocycles. The number of carbonyl (C=O) groups is 1. The smallest absolute Gasteiger partial charge is 0.251 e. The summed E-state index contributed by atoms with van der Waals surface area (Å²) in [5.41, 5.74) is 2.30. The van der Waals surface area contributed by atoms with Gasteiger partial charge in [-0.05, 0) is 43.0 Å². The summed E-state index contributed by atoms with van der Waals surface area (Å²) in [6.07, 6.45) is 0.877. The number of benzene rings is 2. The average molecular weight is 375 g/mol. The molecule has 0 aliphatic rings. The molecule has 0 radical (unpaired) electrons. The van der Waals surface area contributed by atoms with Crippen LogP contribution < -0.4 is 10.0 Å².